The fourth-order valence-corrected chi connectivity index (χ4v) is 3.39. The van der Waals surface area contributed by atoms with Crippen LogP contribution in [0.15, 0.2) is 0 Å². The summed E-state index contributed by atoms with van der Waals surface area (Å²) in [5.74, 6) is 1.82. The zero-order valence-electron chi connectivity index (χ0n) is 11.0. The van der Waals surface area contributed by atoms with Gasteiger partial charge in [0.05, 0.1) is 6.10 Å². The zero-order valence-corrected chi connectivity index (χ0v) is 11.0. The van der Waals surface area contributed by atoms with Crippen molar-refractivity contribution in [1.29, 1.82) is 0 Å². The molecule has 16 heavy (non-hydrogen) atoms. The molecule has 94 valence electrons. The summed E-state index contributed by atoms with van der Waals surface area (Å²) in [5, 5.41) is 3.86. The van der Waals surface area contributed by atoms with Crippen molar-refractivity contribution in [2.75, 3.05) is 6.61 Å². The van der Waals surface area contributed by atoms with E-state index < -0.39 is 0 Å². The summed E-state index contributed by atoms with van der Waals surface area (Å²) >= 11 is 0. The van der Waals surface area contributed by atoms with Crippen LogP contribution in [0, 0.1) is 11.8 Å². The molecule has 1 heterocycles. The van der Waals surface area contributed by atoms with Gasteiger partial charge in [0.25, 0.3) is 0 Å². The van der Waals surface area contributed by atoms with E-state index in [1.807, 2.05) is 0 Å². The Labute approximate surface area is 100 Å². The van der Waals surface area contributed by atoms with Crippen molar-refractivity contribution in [3.05, 3.63) is 0 Å². The van der Waals surface area contributed by atoms with E-state index in [-0.39, 0.29) is 0 Å². The lowest BCUT2D eigenvalue weighted by Crippen LogP contribution is -2.47. The second kappa shape index (κ2) is 5.50. The van der Waals surface area contributed by atoms with Crippen molar-refractivity contribution < 1.29 is 4.74 Å². The van der Waals surface area contributed by atoms with Gasteiger partial charge in [-0.2, -0.15) is 0 Å². The quantitative estimate of drug-likeness (QED) is 0.797. The van der Waals surface area contributed by atoms with E-state index in [0.29, 0.717) is 12.1 Å². The highest BCUT2D eigenvalue weighted by Gasteiger charge is 2.32. The summed E-state index contributed by atoms with van der Waals surface area (Å²) in [6.07, 6.45) is 7.11. The highest BCUT2D eigenvalue weighted by molar-refractivity contribution is 4.88. The normalized spacial score (nSPS) is 44.8. The summed E-state index contributed by atoms with van der Waals surface area (Å²) in [7, 11) is 0. The Bertz CT molecular complexity index is 219. The largest absolute Gasteiger partial charge is 0.377 e. The van der Waals surface area contributed by atoms with Crippen LogP contribution in [0.2, 0.25) is 0 Å². The van der Waals surface area contributed by atoms with Crippen LogP contribution in [-0.2, 0) is 4.74 Å². The van der Waals surface area contributed by atoms with Crippen LogP contribution in [0.1, 0.15) is 52.9 Å². The van der Waals surface area contributed by atoms with Crippen LogP contribution in [0.5, 0.6) is 0 Å². The van der Waals surface area contributed by atoms with Gasteiger partial charge in [-0.15, -0.1) is 0 Å². The first-order chi connectivity index (χ1) is 7.70. The predicted octanol–water partition coefficient (Wildman–Crippen LogP) is 2.97. The fourth-order valence-electron chi connectivity index (χ4n) is 3.39. The van der Waals surface area contributed by atoms with Crippen LogP contribution in [-0.4, -0.2) is 24.8 Å². The van der Waals surface area contributed by atoms with Crippen LogP contribution in [0.3, 0.4) is 0 Å². The van der Waals surface area contributed by atoms with E-state index in [1.165, 1.54) is 32.1 Å². The summed E-state index contributed by atoms with van der Waals surface area (Å²) in [5.41, 5.74) is 0. The Morgan fingerprint density at radius 1 is 1.12 bits per heavy atom. The molecule has 1 saturated heterocycles. The highest BCUT2D eigenvalue weighted by atomic mass is 16.5. The van der Waals surface area contributed by atoms with Gasteiger partial charge in [0.2, 0.25) is 0 Å². The maximum Gasteiger partial charge on any atom is 0.0700 e. The van der Waals surface area contributed by atoms with Gasteiger partial charge in [0.15, 0.2) is 0 Å². The molecule has 2 heteroatoms. The molecule has 1 saturated carbocycles. The summed E-state index contributed by atoms with van der Waals surface area (Å²) in [4.78, 5) is 0. The molecule has 0 spiro atoms. The van der Waals surface area contributed by atoms with E-state index in [4.69, 9.17) is 4.74 Å². The van der Waals surface area contributed by atoms with Gasteiger partial charge in [-0.1, -0.05) is 20.3 Å². The number of ether oxygens (including phenoxy) is 1. The molecule has 0 amide bonds. The number of hydrogen-bond acceptors (Lipinski definition) is 2. The second-order valence-corrected chi connectivity index (χ2v) is 5.83. The van der Waals surface area contributed by atoms with Crippen molar-refractivity contribution in [3.8, 4) is 0 Å². The maximum absolute atomic E-state index is 5.63. The Hall–Kier alpha value is -0.0800. The van der Waals surface area contributed by atoms with Crippen molar-refractivity contribution in [2.24, 2.45) is 11.8 Å². The minimum Gasteiger partial charge on any atom is -0.377 e. The Kier molecular flexibility index (Phi) is 4.26. The SMILES string of the molecule is CCC1CC(C)CCC1NC1CCOC1C. The minimum atomic E-state index is 0.414. The molecule has 2 aliphatic rings. The average Bonchev–Trinajstić information content (AvgIpc) is 2.67. The first-order valence-electron chi connectivity index (χ1n) is 7.08. The van der Waals surface area contributed by atoms with Gasteiger partial charge < -0.3 is 10.1 Å². The Morgan fingerprint density at radius 3 is 2.56 bits per heavy atom. The lowest BCUT2D eigenvalue weighted by molar-refractivity contribution is 0.102. The van der Waals surface area contributed by atoms with E-state index >= 15 is 0 Å². The van der Waals surface area contributed by atoms with Crippen LogP contribution in [0.4, 0.5) is 0 Å². The molecular formula is C14H27NO. The van der Waals surface area contributed by atoms with Crippen molar-refractivity contribution in [3.63, 3.8) is 0 Å². The molecule has 1 aliphatic carbocycles. The summed E-state index contributed by atoms with van der Waals surface area (Å²) in [6.45, 7) is 7.89. The third-order valence-electron chi connectivity index (χ3n) is 4.57. The predicted molar refractivity (Wildman–Crippen MR) is 67.5 cm³/mol. The van der Waals surface area contributed by atoms with Crippen LogP contribution < -0.4 is 5.32 Å². The first-order valence-corrected chi connectivity index (χ1v) is 7.08. The van der Waals surface area contributed by atoms with E-state index in [0.717, 1.165) is 24.5 Å². The van der Waals surface area contributed by atoms with Crippen LogP contribution >= 0.6 is 0 Å². The average molecular weight is 225 g/mol. The molecule has 5 atom stereocenters. The smallest absolute Gasteiger partial charge is 0.0700 e. The molecule has 1 aliphatic heterocycles. The lowest BCUT2D eigenvalue weighted by atomic mass is 9.77. The van der Waals surface area contributed by atoms with Gasteiger partial charge in [0, 0.05) is 18.7 Å². The van der Waals surface area contributed by atoms with Gasteiger partial charge in [-0.3, -0.25) is 0 Å². The maximum atomic E-state index is 5.63. The fraction of sp³-hybridized carbons (Fsp3) is 1.00. The highest BCUT2D eigenvalue weighted by Crippen LogP contribution is 2.32. The van der Waals surface area contributed by atoms with Gasteiger partial charge in [-0.25, -0.2) is 0 Å². The molecule has 1 N–H and O–H groups in total. The molecule has 2 rings (SSSR count). The van der Waals surface area contributed by atoms with E-state index in [2.05, 4.69) is 26.1 Å². The molecular weight excluding hydrogens is 198 g/mol. The molecule has 0 radical (unpaired) electrons. The molecule has 0 bridgehead atoms. The standard InChI is InChI=1S/C14H27NO/c1-4-12-9-10(2)5-6-14(12)15-13-7-8-16-11(13)3/h10-15H,4-9H2,1-3H3. The zero-order chi connectivity index (χ0) is 11.5. The molecule has 0 aromatic rings. The van der Waals surface area contributed by atoms with E-state index in [1.54, 1.807) is 0 Å². The summed E-state index contributed by atoms with van der Waals surface area (Å²) < 4.78 is 5.63. The van der Waals surface area contributed by atoms with Gasteiger partial charge in [0.1, 0.15) is 0 Å². The summed E-state index contributed by atoms with van der Waals surface area (Å²) in [6, 6.07) is 1.35. The van der Waals surface area contributed by atoms with Crippen molar-refractivity contribution >= 4 is 0 Å². The molecule has 0 aromatic carbocycles. The van der Waals surface area contributed by atoms with Crippen molar-refractivity contribution in [2.45, 2.75) is 71.1 Å². The monoisotopic (exact) mass is 225 g/mol. The lowest BCUT2D eigenvalue weighted by Gasteiger charge is -2.37. The molecule has 5 unspecified atom stereocenters. The molecule has 0 aromatic heterocycles. The Morgan fingerprint density at radius 2 is 1.94 bits per heavy atom. The number of rotatable bonds is 3. The van der Waals surface area contributed by atoms with Crippen molar-refractivity contribution in [1.82, 2.24) is 5.32 Å². The van der Waals surface area contributed by atoms with Gasteiger partial charge >= 0.3 is 0 Å². The van der Waals surface area contributed by atoms with Gasteiger partial charge in [-0.05, 0) is 44.4 Å². The van der Waals surface area contributed by atoms with E-state index in [9.17, 15) is 0 Å². The Balaban J connectivity index is 1.87. The third kappa shape index (κ3) is 2.78. The molecule has 2 nitrogen and oxygen atoms in total. The number of nitrogens with one attached hydrogen (secondary N) is 1. The molecule has 2 fully saturated rings. The third-order valence-corrected chi connectivity index (χ3v) is 4.57. The first kappa shape index (κ1) is 12.4. The second-order valence-electron chi connectivity index (χ2n) is 5.83. The number of hydrogen-bond donors (Lipinski definition) is 1. The topological polar surface area (TPSA) is 21.3 Å². The van der Waals surface area contributed by atoms with Crippen LogP contribution in [0.25, 0.3) is 0 Å². The minimum absolute atomic E-state index is 0.414.